The van der Waals surface area contributed by atoms with Crippen LogP contribution in [0.4, 0.5) is 0 Å². The number of phenols is 2. The second kappa shape index (κ2) is 3.96. The van der Waals surface area contributed by atoms with Crippen LogP contribution in [0.2, 0.25) is 0 Å². The molecule has 0 spiro atoms. The van der Waals surface area contributed by atoms with Gasteiger partial charge in [-0.15, -0.1) is 0 Å². The second-order valence-corrected chi connectivity index (χ2v) is 3.67. The van der Waals surface area contributed by atoms with Gasteiger partial charge in [0.1, 0.15) is 5.60 Å². The summed E-state index contributed by atoms with van der Waals surface area (Å²) in [6, 6.07) is 2.94. The molecule has 5 nitrogen and oxygen atoms in total. The van der Waals surface area contributed by atoms with E-state index in [1.54, 1.807) is 19.9 Å². The summed E-state index contributed by atoms with van der Waals surface area (Å²) in [5.41, 5.74) is -0.157. The molecule has 0 radical (unpaired) electrons. The summed E-state index contributed by atoms with van der Waals surface area (Å²) < 4.78 is 4.90. The van der Waals surface area contributed by atoms with Gasteiger partial charge >= 0.3 is 0 Å². The van der Waals surface area contributed by atoms with Crippen molar-refractivity contribution in [2.24, 2.45) is 5.90 Å². The summed E-state index contributed by atoms with van der Waals surface area (Å²) in [6.07, 6.45) is 0. The van der Waals surface area contributed by atoms with Crippen LogP contribution in [0.15, 0.2) is 12.1 Å². The third-order valence-electron chi connectivity index (χ3n) is 2.26. The van der Waals surface area contributed by atoms with E-state index in [1.165, 1.54) is 13.2 Å². The van der Waals surface area contributed by atoms with Gasteiger partial charge in [-0.3, -0.25) is 4.84 Å². The van der Waals surface area contributed by atoms with E-state index in [-0.39, 0.29) is 17.2 Å². The van der Waals surface area contributed by atoms with Gasteiger partial charge in [0.25, 0.3) is 0 Å². The third kappa shape index (κ3) is 2.14. The summed E-state index contributed by atoms with van der Waals surface area (Å²) >= 11 is 0. The van der Waals surface area contributed by atoms with Crippen molar-refractivity contribution >= 4 is 0 Å². The summed E-state index contributed by atoms with van der Waals surface area (Å²) in [5, 5.41) is 18.9. The van der Waals surface area contributed by atoms with Crippen LogP contribution in [-0.2, 0) is 10.4 Å². The molecule has 5 heteroatoms. The van der Waals surface area contributed by atoms with Crippen molar-refractivity contribution in [3.8, 4) is 17.2 Å². The fourth-order valence-electron chi connectivity index (χ4n) is 1.16. The molecule has 0 aliphatic heterocycles. The van der Waals surface area contributed by atoms with Crippen LogP contribution in [-0.4, -0.2) is 17.3 Å². The Morgan fingerprint density at radius 2 is 1.87 bits per heavy atom. The maximum absolute atomic E-state index is 9.44. The minimum absolute atomic E-state index is 0.176. The molecule has 0 atom stereocenters. The first-order chi connectivity index (χ1) is 6.92. The molecule has 0 aliphatic carbocycles. The molecule has 1 rings (SSSR count). The monoisotopic (exact) mass is 213 g/mol. The van der Waals surface area contributed by atoms with Gasteiger partial charge in [-0.05, 0) is 31.5 Å². The number of benzene rings is 1. The number of phenolic OH excluding ortho intramolecular Hbond substituents is 2. The lowest BCUT2D eigenvalue weighted by Gasteiger charge is -2.23. The molecular formula is C10H15NO4. The Hall–Kier alpha value is -1.46. The minimum atomic E-state index is -0.765. The number of aromatic hydroxyl groups is 2. The van der Waals surface area contributed by atoms with E-state index >= 15 is 0 Å². The Morgan fingerprint density at radius 1 is 1.27 bits per heavy atom. The van der Waals surface area contributed by atoms with Crippen molar-refractivity contribution in [1.29, 1.82) is 0 Å². The summed E-state index contributed by atoms with van der Waals surface area (Å²) in [5.74, 6) is 4.74. The van der Waals surface area contributed by atoms with Crippen molar-refractivity contribution < 1.29 is 19.8 Å². The van der Waals surface area contributed by atoms with Crippen LogP contribution in [0.3, 0.4) is 0 Å². The van der Waals surface area contributed by atoms with Crippen molar-refractivity contribution in [2.45, 2.75) is 19.4 Å². The van der Waals surface area contributed by atoms with Gasteiger partial charge in [-0.25, -0.2) is 5.90 Å². The molecule has 0 aromatic heterocycles. The van der Waals surface area contributed by atoms with Gasteiger partial charge < -0.3 is 14.9 Å². The summed E-state index contributed by atoms with van der Waals surface area (Å²) in [4.78, 5) is 4.77. The van der Waals surface area contributed by atoms with Crippen LogP contribution >= 0.6 is 0 Å². The van der Waals surface area contributed by atoms with E-state index < -0.39 is 5.60 Å². The van der Waals surface area contributed by atoms with Gasteiger partial charge in [-0.2, -0.15) is 0 Å². The van der Waals surface area contributed by atoms with E-state index in [1.807, 2.05) is 0 Å². The highest BCUT2D eigenvalue weighted by Gasteiger charge is 2.23. The van der Waals surface area contributed by atoms with Gasteiger partial charge in [-0.1, -0.05) is 0 Å². The van der Waals surface area contributed by atoms with Crippen LogP contribution in [0.5, 0.6) is 17.2 Å². The number of hydrogen-bond donors (Lipinski definition) is 3. The maximum Gasteiger partial charge on any atom is 0.200 e. The van der Waals surface area contributed by atoms with E-state index in [4.69, 9.17) is 15.5 Å². The largest absolute Gasteiger partial charge is 0.504 e. The predicted octanol–water partition coefficient (Wildman–Crippen LogP) is 1.23. The van der Waals surface area contributed by atoms with Crippen molar-refractivity contribution in [3.63, 3.8) is 0 Å². The highest BCUT2D eigenvalue weighted by atomic mass is 16.6. The average molecular weight is 213 g/mol. The molecule has 0 saturated heterocycles. The molecule has 0 saturated carbocycles. The standard InChI is InChI=1S/C10H15NO4/c1-10(2,15-11)6-4-7(12)9(13)8(5-6)14-3/h4-5,12-13H,11H2,1-3H3. The Kier molecular flexibility index (Phi) is 3.06. The molecule has 0 heterocycles. The van der Waals surface area contributed by atoms with Gasteiger partial charge in [0.15, 0.2) is 11.5 Å². The molecule has 4 N–H and O–H groups in total. The predicted molar refractivity (Wildman–Crippen MR) is 54.6 cm³/mol. The molecule has 0 bridgehead atoms. The third-order valence-corrected chi connectivity index (χ3v) is 2.26. The SMILES string of the molecule is COc1cc(C(C)(C)ON)cc(O)c1O. The van der Waals surface area contributed by atoms with E-state index in [9.17, 15) is 10.2 Å². The molecule has 1 aromatic carbocycles. The number of ether oxygens (including phenoxy) is 1. The normalized spacial score (nSPS) is 11.5. The highest BCUT2D eigenvalue weighted by molar-refractivity contribution is 5.52. The number of nitrogens with two attached hydrogens (primary N) is 1. The average Bonchev–Trinajstić information content (AvgIpc) is 2.21. The molecule has 0 aliphatic rings. The molecule has 0 amide bonds. The zero-order valence-corrected chi connectivity index (χ0v) is 8.94. The lowest BCUT2D eigenvalue weighted by molar-refractivity contribution is -0.0239. The zero-order valence-electron chi connectivity index (χ0n) is 8.94. The zero-order chi connectivity index (χ0) is 11.6. The summed E-state index contributed by atoms with van der Waals surface area (Å²) in [7, 11) is 1.40. The fourth-order valence-corrected chi connectivity index (χ4v) is 1.16. The second-order valence-electron chi connectivity index (χ2n) is 3.67. The Balaban J connectivity index is 3.28. The van der Waals surface area contributed by atoms with Gasteiger partial charge in [0, 0.05) is 0 Å². The quantitative estimate of drug-likeness (QED) is 0.519. The first kappa shape index (κ1) is 11.6. The highest BCUT2D eigenvalue weighted by Crippen LogP contribution is 2.39. The molecule has 15 heavy (non-hydrogen) atoms. The Bertz CT molecular complexity index is 363. The minimum Gasteiger partial charge on any atom is -0.504 e. The maximum atomic E-state index is 9.44. The first-order valence-corrected chi connectivity index (χ1v) is 4.40. The molecule has 0 unspecified atom stereocenters. The number of methoxy groups -OCH3 is 1. The van der Waals surface area contributed by atoms with Crippen molar-refractivity contribution in [2.75, 3.05) is 7.11 Å². The van der Waals surface area contributed by atoms with Crippen LogP contribution in [0, 0.1) is 0 Å². The van der Waals surface area contributed by atoms with Crippen LogP contribution in [0.25, 0.3) is 0 Å². The van der Waals surface area contributed by atoms with Crippen LogP contribution in [0.1, 0.15) is 19.4 Å². The smallest absolute Gasteiger partial charge is 0.200 e. The Morgan fingerprint density at radius 3 is 2.33 bits per heavy atom. The lowest BCUT2D eigenvalue weighted by Crippen LogP contribution is -2.25. The van der Waals surface area contributed by atoms with E-state index in [2.05, 4.69) is 0 Å². The summed E-state index contributed by atoms with van der Waals surface area (Å²) in [6.45, 7) is 3.47. The fraction of sp³-hybridized carbons (Fsp3) is 0.400. The number of hydrogen-bond acceptors (Lipinski definition) is 5. The molecule has 84 valence electrons. The Labute approximate surface area is 88.0 Å². The van der Waals surface area contributed by atoms with E-state index in [0.29, 0.717) is 5.56 Å². The molecule has 0 fully saturated rings. The van der Waals surface area contributed by atoms with Crippen LogP contribution < -0.4 is 10.6 Å². The van der Waals surface area contributed by atoms with Gasteiger partial charge in [0.05, 0.1) is 7.11 Å². The molecule has 1 aromatic rings. The number of rotatable bonds is 3. The van der Waals surface area contributed by atoms with E-state index in [0.717, 1.165) is 0 Å². The van der Waals surface area contributed by atoms with Gasteiger partial charge in [0.2, 0.25) is 5.75 Å². The lowest BCUT2D eigenvalue weighted by atomic mass is 9.97. The van der Waals surface area contributed by atoms with Crippen molar-refractivity contribution in [1.82, 2.24) is 0 Å². The topological polar surface area (TPSA) is 84.9 Å². The molecular weight excluding hydrogens is 198 g/mol. The first-order valence-electron chi connectivity index (χ1n) is 4.40. The van der Waals surface area contributed by atoms with Crippen molar-refractivity contribution in [3.05, 3.63) is 17.7 Å².